The molecule has 1 aromatic carbocycles. The number of nitrogens with one attached hydrogen (secondary N) is 1. The first kappa shape index (κ1) is 15.5. The molecular formula is C17H26N4O. The Morgan fingerprint density at radius 2 is 2.14 bits per heavy atom. The molecular weight excluding hydrogens is 276 g/mol. The number of aliphatic hydroxyl groups excluding tert-OH is 1. The summed E-state index contributed by atoms with van der Waals surface area (Å²) in [6.07, 6.45) is 0.842. The highest BCUT2D eigenvalue weighted by molar-refractivity contribution is 5.74. The first-order chi connectivity index (χ1) is 10.7. The van der Waals surface area contributed by atoms with Gasteiger partial charge >= 0.3 is 0 Å². The van der Waals surface area contributed by atoms with Crippen LogP contribution in [-0.2, 0) is 6.54 Å². The van der Waals surface area contributed by atoms with Crippen LogP contribution in [0.1, 0.15) is 26.1 Å². The number of piperazine rings is 1. The van der Waals surface area contributed by atoms with Crippen molar-refractivity contribution in [2.45, 2.75) is 38.9 Å². The minimum atomic E-state index is 0.256. The molecule has 0 saturated carbocycles. The summed E-state index contributed by atoms with van der Waals surface area (Å²) < 4.78 is 0. The molecule has 2 aromatic rings. The van der Waals surface area contributed by atoms with E-state index >= 15 is 0 Å². The van der Waals surface area contributed by atoms with Crippen LogP contribution in [-0.4, -0.2) is 63.2 Å². The minimum Gasteiger partial charge on any atom is -0.396 e. The second-order valence-corrected chi connectivity index (χ2v) is 6.43. The smallest absolute Gasteiger partial charge is 0.121 e. The Balaban J connectivity index is 1.67. The highest BCUT2D eigenvalue weighted by Crippen LogP contribution is 2.18. The molecule has 1 saturated heterocycles. The van der Waals surface area contributed by atoms with E-state index in [1.165, 1.54) is 0 Å². The zero-order chi connectivity index (χ0) is 15.5. The first-order valence-electron chi connectivity index (χ1n) is 8.20. The van der Waals surface area contributed by atoms with Gasteiger partial charge < -0.3 is 10.1 Å². The lowest BCUT2D eigenvalue weighted by molar-refractivity contribution is 0.0340. The van der Waals surface area contributed by atoms with Gasteiger partial charge in [-0.1, -0.05) is 12.1 Å². The number of hydrogen-bond donors (Lipinski definition) is 2. The molecule has 5 heteroatoms. The van der Waals surface area contributed by atoms with Crippen LogP contribution in [0.5, 0.6) is 0 Å². The number of rotatable bonds is 5. The van der Waals surface area contributed by atoms with E-state index in [0.29, 0.717) is 12.1 Å². The third-order valence-electron chi connectivity index (χ3n) is 4.55. The monoisotopic (exact) mass is 302 g/mol. The third-order valence-corrected chi connectivity index (χ3v) is 4.55. The van der Waals surface area contributed by atoms with Gasteiger partial charge in [-0.3, -0.25) is 9.80 Å². The number of para-hydroxylation sites is 2. The summed E-state index contributed by atoms with van der Waals surface area (Å²) in [5, 5.41) is 9.33. The van der Waals surface area contributed by atoms with Gasteiger partial charge in [0.1, 0.15) is 5.82 Å². The molecule has 0 amide bonds. The molecule has 1 aliphatic heterocycles. The van der Waals surface area contributed by atoms with Crippen molar-refractivity contribution in [1.29, 1.82) is 0 Å². The Bertz CT molecular complexity index is 576. The van der Waals surface area contributed by atoms with E-state index < -0.39 is 0 Å². The second-order valence-electron chi connectivity index (χ2n) is 6.43. The van der Waals surface area contributed by atoms with Crippen molar-refractivity contribution in [1.82, 2.24) is 19.8 Å². The van der Waals surface area contributed by atoms with E-state index in [1.54, 1.807) is 0 Å². The Hall–Kier alpha value is -1.43. The predicted octanol–water partition coefficient (Wildman–Crippen LogP) is 1.84. The molecule has 120 valence electrons. The second kappa shape index (κ2) is 6.77. The molecule has 1 atom stereocenters. The average molecular weight is 302 g/mol. The molecule has 3 rings (SSSR count). The van der Waals surface area contributed by atoms with E-state index in [0.717, 1.165) is 49.5 Å². The molecule has 0 aliphatic carbocycles. The fourth-order valence-electron chi connectivity index (χ4n) is 3.46. The zero-order valence-electron chi connectivity index (χ0n) is 13.5. The number of aliphatic hydroxyl groups is 1. The molecule has 5 nitrogen and oxygen atoms in total. The molecule has 1 fully saturated rings. The molecule has 0 radical (unpaired) electrons. The van der Waals surface area contributed by atoms with Gasteiger partial charge in [-0.2, -0.15) is 0 Å². The first-order valence-corrected chi connectivity index (χ1v) is 8.20. The molecule has 2 heterocycles. The summed E-state index contributed by atoms with van der Waals surface area (Å²) in [5.41, 5.74) is 2.13. The van der Waals surface area contributed by atoms with Crippen molar-refractivity contribution >= 4 is 11.0 Å². The standard InChI is InChI=1S/C17H26N4O/c1-13(2)21-9-8-20(11-14(21)7-10-22)12-17-18-15-5-3-4-6-16(15)19-17/h3-6,13-14,22H,7-12H2,1-2H3,(H,18,19)/t14-/m1/s1. The maximum absolute atomic E-state index is 9.33. The van der Waals surface area contributed by atoms with Crippen molar-refractivity contribution in [3.8, 4) is 0 Å². The summed E-state index contributed by atoms with van der Waals surface area (Å²) in [6.45, 7) is 8.68. The van der Waals surface area contributed by atoms with Gasteiger partial charge in [0.25, 0.3) is 0 Å². The number of H-pyrrole nitrogens is 1. The van der Waals surface area contributed by atoms with Gasteiger partial charge in [-0.25, -0.2) is 4.98 Å². The van der Waals surface area contributed by atoms with E-state index in [1.807, 2.05) is 18.2 Å². The zero-order valence-corrected chi connectivity index (χ0v) is 13.5. The molecule has 22 heavy (non-hydrogen) atoms. The van der Waals surface area contributed by atoms with Crippen LogP contribution in [0.25, 0.3) is 11.0 Å². The van der Waals surface area contributed by atoms with Crippen LogP contribution in [0.15, 0.2) is 24.3 Å². The Kier molecular flexibility index (Phi) is 4.76. The number of benzene rings is 1. The quantitative estimate of drug-likeness (QED) is 0.885. The topological polar surface area (TPSA) is 55.4 Å². The summed E-state index contributed by atoms with van der Waals surface area (Å²) >= 11 is 0. The van der Waals surface area contributed by atoms with Gasteiger partial charge in [0.2, 0.25) is 0 Å². The SMILES string of the molecule is CC(C)N1CCN(Cc2nc3ccccc3[nH]2)C[C@H]1CCO. The Morgan fingerprint density at radius 3 is 2.86 bits per heavy atom. The normalized spacial score (nSPS) is 21.0. The lowest BCUT2D eigenvalue weighted by Gasteiger charge is -2.43. The number of aromatic amines is 1. The number of nitrogens with zero attached hydrogens (tertiary/aromatic N) is 3. The molecule has 1 aliphatic rings. The molecule has 1 aromatic heterocycles. The van der Waals surface area contributed by atoms with Gasteiger partial charge in [0, 0.05) is 38.3 Å². The lowest BCUT2D eigenvalue weighted by atomic mass is 10.1. The van der Waals surface area contributed by atoms with Crippen molar-refractivity contribution in [2.75, 3.05) is 26.2 Å². The minimum absolute atomic E-state index is 0.256. The predicted molar refractivity (Wildman–Crippen MR) is 88.7 cm³/mol. The maximum atomic E-state index is 9.33. The molecule has 0 spiro atoms. The summed E-state index contributed by atoms with van der Waals surface area (Å²) in [5.74, 6) is 1.03. The largest absolute Gasteiger partial charge is 0.396 e. The van der Waals surface area contributed by atoms with Crippen LogP contribution >= 0.6 is 0 Å². The third kappa shape index (κ3) is 3.32. The molecule has 0 bridgehead atoms. The van der Waals surface area contributed by atoms with Gasteiger partial charge in [0.05, 0.1) is 17.6 Å². The van der Waals surface area contributed by atoms with Gasteiger partial charge in [-0.15, -0.1) is 0 Å². The Morgan fingerprint density at radius 1 is 1.32 bits per heavy atom. The van der Waals surface area contributed by atoms with E-state index in [9.17, 15) is 5.11 Å². The van der Waals surface area contributed by atoms with Gasteiger partial charge in [0.15, 0.2) is 0 Å². The van der Waals surface area contributed by atoms with Crippen LogP contribution < -0.4 is 0 Å². The van der Waals surface area contributed by atoms with E-state index in [2.05, 4.69) is 39.7 Å². The number of hydrogen-bond acceptors (Lipinski definition) is 4. The summed E-state index contributed by atoms with van der Waals surface area (Å²) in [7, 11) is 0. The number of fused-ring (bicyclic) bond motifs is 1. The van der Waals surface area contributed by atoms with Crippen molar-refractivity contribution < 1.29 is 5.11 Å². The number of aromatic nitrogens is 2. The van der Waals surface area contributed by atoms with Crippen LogP contribution in [0.3, 0.4) is 0 Å². The van der Waals surface area contributed by atoms with Crippen LogP contribution in [0.4, 0.5) is 0 Å². The van der Waals surface area contributed by atoms with Gasteiger partial charge in [-0.05, 0) is 32.4 Å². The summed E-state index contributed by atoms with van der Waals surface area (Å²) in [4.78, 5) is 13.0. The van der Waals surface area contributed by atoms with Crippen molar-refractivity contribution in [3.63, 3.8) is 0 Å². The lowest BCUT2D eigenvalue weighted by Crippen LogP contribution is -2.55. The van der Waals surface area contributed by atoms with Crippen molar-refractivity contribution in [3.05, 3.63) is 30.1 Å². The van der Waals surface area contributed by atoms with Crippen LogP contribution in [0.2, 0.25) is 0 Å². The highest BCUT2D eigenvalue weighted by Gasteiger charge is 2.28. The van der Waals surface area contributed by atoms with E-state index in [-0.39, 0.29) is 6.61 Å². The summed E-state index contributed by atoms with van der Waals surface area (Å²) in [6, 6.07) is 9.12. The molecule has 2 N–H and O–H groups in total. The average Bonchev–Trinajstić information content (AvgIpc) is 2.89. The van der Waals surface area contributed by atoms with E-state index in [4.69, 9.17) is 0 Å². The Labute approximate surface area is 131 Å². The maximum Gasteiger partial charge on any atom is 0.121 e. The number of imidazole rings is 1. The fourth-order valence-corrected chi connectivity index (χ4v) is 3.46. The molecule has 0 unspecified atom stereocenters. The highest BCUT2D eigenvalue weighted by atomic mass is 16.3. The fraction of sp³-hybridized carbons (Fsp3) is 0.588. The van der Waals surface area contributed by atoms with Crippen molar-refractivity contribution in [2.24, 2.45) is 0 Å². The van der Waals surface area contributed by atoms with Crippen LogP contribution in [0, 0.1) is 0 Å².